The number of allylic oxidation sites excluding steroid dienone is 1. The second-order valence-corrected chi connectivity index (χ2v) is 10.4. The summed E-state index contributed by atoms with van der Waals surface area (Å²) >= 11 is 2.45. The zero-order chi connectivity index (χ0) is 26.4. The maximum atomic E-state index is 6.06. The van der Waals surface area contributed by atoms with E-state index in [9.17, 15) is 0 Å². The molecule has 0 bridgehead atoms. The van der Waals surface area contributed by atoms with Gasteiger partial charge in [0.25, 0.3) is 0 Å². The van der Waals surface area contributed by atoms with E-state index in [2.05, 4.69) is 121 Å². The third-order valence-corrected chi connectivity index (χ3v) is 7.37. The first kappa shape index (κ1) is 28.0. The van der Waals surface area contributed by atoms with Gasteiger partial charge in [0.05, 0.1) is 6.61 Å². The Morgan fingerprint density at radius 1 is 0.579 bits per heavy atom. The molecule has 0 atom stereocenters. The van der Waals surface area contributed by atoms with Gasteiger partial charge in [-0.05, 0) is 81.4 Å². The van der Waals surface area contributed by atoms with E-state index >= 15 is 0 Å². The average molecular weight is 617 g/mol. The first-order chi connectivity index (χ1) is 18.8. The van der Waals surface area contributed by atoms with Gasteiger partial charge in [-0.15, -0.1) is 0 Å². The first-order valence-corrected chi connectivity index (χ1v) is 15.2. The Morgan fingerprint density at radius 2 is 1.13 bits per heavy atom. The number of halogens is 1. The van der Waals surface area contributed by atoms with Crippen LogP contribution in [-0.2, 0) is 6.61 Å². The van der Waals surface area contributed by atoms with Gasteiger partial charge >= 0.3 is 0 Å². The van der Waals surface area contributed by atoms with E-state index in [1.807, 2.05) is 18.2 Å². The summed E-state index contributed by atoms with van der Waals surface area (Å²) in [6, 6.07) is 38.1. The fourth-order valence-electron chi connectivity index (χ4n) is 4.60. The summed E-state index contributed by atoms with van der Waals surface area (Å²) in [4.78, 5) is 0. The fourth-order valence-corrected chi connectivity index (χ4v) is 5.14. The van der Waals surface area contributed by atoms with Crippen LogP contribution in [0.1, 0.15) is 61.3 Å². The molecule has 4 aromatic carbocycles. The lowest BCUT2D eigenvalue weighted by atomic mass is 9.88. The molecule has 0 N–H and O–H groups in total. The maximum absolute atomic E-state index is 6.06. The minimum atomic E-state index is 0.562. The molecule has 0 saturated heterocycles. The van der Waals surface area contributed by atoms with Crippen molar-refractivity contribution in [2.45, 2.75) is 45.6 Å². The summed E-state index contributed by atoms with van der Waals surface area (Å²) in [5, 5.41) is 0. The van der Waals surface area contributed by atoms with Gasteiger partial charge < -0.3 is 9.47 Å². The zero-order valence-electron chi connectivity index (χ0n) is 22.2. The summed E-state index contributed by atoms with van der Waals surface area (Å²) in [7, 11) is 0. The largest absolute Gasteiger partial charge is 0.494 e. The lowest BCUT2D eigenvalue weighted by molar-refractivity contribution is 0.305. The van der Waals surface area contributed by atoms with Gasteiger partial charge in [-0.1, -0.05) is 127 Å². The minimum absolute atomic E-state index is 0.562. The van der Waals surface area contributed by atoms with Crippen molar-refractivity contribution in [3.63, 3.8) is 0 Å². The number of rotatable bonds is 14. The molecule has 0 amide bonds. The summed E-state index contributed by atoms with van der Waals surface area (Å²) in [5.41, 5.74) is 7.37. The van der Waals surface area contributed by atoms with Crippen molar-refractivity contribution in [2.24, 2.45) is 0 Å². The molecule has 3 heteroatoms. The predicted molar refractivity (Wildman–Crippen MR) is 169 cm³/mol. The third-order valence-electron chi connectivity index (χ3n) is 6.61. The van der Waals surface area contributed by atoms with Crippen molar-refractivity contribution in [2.75, 3.05) is 11.0 Å². The quantitative estimate of drug-likeness (QED) is 0.0608. The Balaban J connectivity index is 1.55. The van der Waals surface area contributed by atoms with E-state index in [1.54, 1.807) is 0 Å². The number of hydrogen-bond acceptors (Lipinski definition) is 2. The Kier molecular flexibility index (Phi) is 11.3. The second-order valence-electron chi connectivity index (χ2n) is 9.35. The van der Waals surface area contributed by atoms with Crippen LogP contribution in [0.25, 0.3) is 11.1 Å². The van der Waals surface area contributed by atoms with Crippen molar-refractivity contribution in [1.29, 1.82) is 0 Å². The van der Waals surface area contributed by atoms with Gasteiger partial charge in [-0.2, -0.15) is 0 Å². The van der Waals surface area contributed by atoms with Gasteiger partial charge in [0.15, 0.2) is 0 Å². The third kappa shape index (κ3) is 8.22. The molecule has 0 aliphatic heterocycles. The lowest BCUT2D eigenvalue weighted by Crippen LogP contribution is -1.99. The van der Waals surface area contributed by atoms with E-state index in [0.29, 0.717) is 6.61 Å². The van der Waals surface area contributed by atoms with E-state index in [1.165, 1.54) is 51.5 Å². The molecule has 0 aliphatic carbocycles. The highest BCUT2D eigenvalue weighted by Gasteiger charge is 2.13. The van der Waals surface area contributed by atoms with E-state index in [0.717, 1.165) is 36.5 Å². The number of unbranched alkanes of at least 4 members (excludes halogenated alkanes) is 3. The molecule has 38 heavy (non-hydrogen) atoms. The lowest BCUT2D eigenvalue weighted by Gasteiger charge is -2.17. The topological polar surface area (TPSA) is 18.5 Å². The smallest absolute Gasteiger partial charge is 0.119 e. The van der Waals surface area contributed by atoms with Crippen LogP contribution in [0.5, 0.6) is 11.5 Å². The molecule has 0 unspecified atom stereocenters. The summed E-state index contributed by atoms with van der Waals surface area (Å²) < 4.78 is 13.3. The Labute approximate surface area is 241 Å². The summed E-state index contributed by atoms with van der Waals surface area (Å²) in [5.74, 6) is 1.81. The highest BCUT2D eigenvalue weighted by molar-refractivity contribution is 14.1. The van der Waals surface area contributed by atoms with Crippen LogP contribution in [0, 0.1) is 0 Å². The Bertz CT molecular complexity index is 1250. The van der Waals surface area contributed by atoms with Gasteiger partial charge in [0.1, 0.15) is 18.1 Å². The van der Waals surface area contributed by atoms with Crippen LogP contribution in [0.15, 0.2) is 109 Å². The van der Waals surface area contributed by atoms with E-state index in [4.69, 9.17) is 9.47 Å². The summed E-state index contributed by atoms with van der Waals surface area (Å²) in [6.07, 6.45) is 5.85. The van der Waals surface area contributed by atoms with Crippen molar-refractivity contribution >= 4 is 33.7 Å². The molecule has 0 heterocycles. The highest BCUT2D eigenvalue weighted by atomic mass is 127. The van der Waals surface area contributed by atoms with Crippen LogP contribution in [0.2, 0.25) is 0 Å². The van der Waals surface area contributed by atoms with Crippen LogP contribution in [0.3, 0.4) is 0 Å². The predicted octanol–water partition coefficient (Wildman–Crippen LogP) is 10.0. The minimum Gasteiger partial charge on any atom is -0.494 e. The Morgan fingerprint density at radius 3 is 1.71 bits per heavy atom. The second kappa shape index (κ2) is 15.4. The van der Waals surface area contributed by atoms with Crippen molar-refractivity contribution < 1.29 is 9.47 Å². The van der Waals surface area contributed by atoms with Crippen LogP contribution in [0.4, 0.5) is 0 Å². The SMILES string of the molecule is CC/C(=C(/c1ccc(OCCCCCCI)cc1)c1ccc(OCc2ccccc2)cc1)c1ccccc1. The fraction of sp³-hybridized carbons (Fsp3) is 0.257. The van der Waals surface area contributed by atoms with Gasteiger partial charge in [-0.3, -0.25) is 0 Å². The number of benzene rings is 4. The molecule has 0 aromatic heterocycles. The Hall–Kier alpha value is -3.05. The molecule has 0 radical (unpaired) electrons. The molecule has 4 aromatic rings. The number of ether oxygens (including phenoxy) is 2. The highest BCUT2D eigenvalue weighted by Crippen LogP contribution is 2.35. The van der Waals surface area contributed by atoms with Gasteiger partial charge in [-0.25, -0.2) is 0 Å². The van der Waals surface area contributed by atoms with Crippen LogP contribution < -0.4 is 9.47 Å². The van der Waals surface area contributed by atoms with Gasteiger partial charge in [0, 0.05) is 0 Å². The van der Waals surface area contributed by atoms with E-state index < -0.39 is 0 Å². The normalized spacial score (nSPS) is 11.6. The molecule has 0 fully saturated rings. The number of hydrogen-bond donors (Lipinski definition) is 0. The monoisotopic (exact) mass is 616 g/mol. The molecule has 0 aliphatic rings. The van der Waals surface area contributed by atoms with Crippen molar-refractivity contribution in [3.8, 4) is 11.5 Å². The molecule has 2 nitrogen and oxygen atoms in total. The maximum Gasteiger partial charge on any atom is 0.119 e. The van der Waals surface area contributed by atoms with Gasteiger partial charge in [0.2, 0.25) is 0 Å². The molecular formula is C35H37IO2. The average Bonchev–Trinajstić information content (AvgIpc) is 2.98. The molecule has 0 saturated carbocycles. The van der Waals surface area contributed by atoms with Crippen LogP contribution >= 0.6 is 22.6 Å². The van der Waals surface area contributed by atoms with Crippen LogP contribution in [-0.4, -0.2) is 11.0 Å². The number of alkyl halides is 1. The first-order valence-electron chi connectivity index (χ1n) is 13.6. The van der Waals surface area contributed by atoms with Crippen molar-refractivity contribution in [3.05, 3.63) is 131 Å². The summed E-state index contributed by atoms with van der Waals surface area (Å²) in [6.45, 7) is 3.57. The van der Waals surface area contributed by atoms with Crippen molar-refractivity contribution in [1.82, 2.24) is 0 Å². The molecular weight excluding hydrogens is 579 g/mol. The zero-order valence-corrected chi connectivity index (χ0v) is 24.4. The van der Waals surface area contributed by atoms with E-state index in [-0.39, 0.29) is 0 Å². The standard InChI is InChI=1S/C35H37IO2/c1-2-34(29-15-9-6-10-16-29)35(30-17-21-32(22-18-30)37-26-12-4-3-11-25-36)31-19-23-33(24-20-31)38-27-28-13-7-5-8-14-28/h5-10,13-24H,2-4,11-12,25-27H2,1H3/b35-34+. The molecule has 196 valence electrons. The molecule has 4 rings (SSSR count). The molecule has 0 spiro atoms.